The van der Waals surface area contributed by atoms with Crippen molar-refractivity contribution in [3.05, 3.63) is 47.5 Å². The standard InChI is InChI=1S/C15H21FN4/c1-11(17-2)13-6-5-7-14(16)15(13)19(3)9-12-8-18-20(4)10-12/h5-8,10-11,17H,9H2,1-4H3. The SMILES string of the molecule is CNC(C)c1cccc(F)c1N(C)Cc1cnn(C)c1. The van der Waals surface area contributed by atoms with Crippen LogP contribution < -0.4 is 10.2 Å². The zero-order chi connectivity index (χ0) is 14.7. The summed E-state index contributed by atoms with van der Waals surface area (Å²) in [6.07, 6.45) is 3.75. The number of hydrogen-bond donors (Lipinski definition) is 1. The molecular formula is C15H21FN4. The molecule has 0 saturated carbocycles. The fourth-order valence-corrected chi connectivity index (χ4v) is 2.35. The average molecular weight is 276 g/mol. The van der Waals surface area contributed by atoms with Crippen LogP contribution in [0.15, 0.2) is 30.6 Å². The molecule has 1 heterocycles. The molecule has 0 fully saturated rings. The van der Waals surface area contributed by atoms with Gasteiger partial charge in [0.05, 0.1) is 11.9 Å². The first kappa shape index (κ1) is 14.5. The Labute approximate surface area is 119 Å². The summed E-state index contributed by atoms with van der Waals surface area (Å²) in [4.78, 5) is 1.93. The lowest BCUT2D eigenvalue weighted by Gasteiger charge is -2.25. The van der Waals surface area contributed by atoms with Crippen LogP contribution in [0.2, 0.25) is 0 Å². The van der Waals surface area contributed by atoms with Crippen LogP contribution in [0.25, 0.3) is 0 Å². The Morgan fingerprint density at radius 3 is 2.80 bits per heavy atom. The third-order valence-corrected chi connectivity index (χ3v) is 3.48. The van der Waals surface area contributed by atoms with Gasteiger partial charge in [0.1, 0.15) is 5.82 Å². The van der Waals surface area contributed by atoms with Crippen LogP contribution in [0.1, 0.15) is 24.1 Å². The first-order chi connectivity index (χ1) is 9.52. The number of halogens is 1. The molecule has 0 aliphatic rings. The van der Waals surface area contributed by atoms with Crippen molar-refractivity contribution < 1.29 is 4.39 Å². The number of aromatic nitrogens is 2. The number of nitrogens with one attached hydrogen (secondary N) is 1. The number of aryl methyl sites for hydroxylation is 1. The largest absolute Gasteiger partial charge is 0.368 e. The van der Waals surface area contributed by atoms with E-state index >= 15 is 0 Å². The predicted octanol–water partition coefficient (Wildman–Crippen LogP) is 2.48. The van der Waals surface area contributed by atoms with Gasteiger partial charge in [-0.2, -0.15) is 5.10 Å². The highest BCUT2D eigenvalue weighted by Gasteiger charge is 2.17. The average Bonchev–Trinajstić information content (AvgIpc) is 2.82. The molecule has 1 unspecified atom stereocenters. The first-order valence-electron chi connectivity index (χ1n) is 6.67. The van der Waals surface area contributed by atoms with Crippen LogP contribution in [0.4, 0.5) is 10.1 Å². The number of benzene rings is 1. The molecule has 1 atom stereocenters. The van der Waals surface area contributed by atoms with Crippen LogP contribution in [0.5, 0.6) is 0 Å². The van der Waals surface area contributed by atoms with Gasteiger partial charge >= 0.3 is 0 Å². The third kappa shape index (κ3) is 2.99. The maximum absolute atomic E-state index is 14.2. The van der Waals surface area contributed by atoms with Crippen LogP contribution in [-0.2, 0) is 13.6 Å². The van der Waals surface area contributed by atoms with Crippen LogP contribution >= 0.6 is 0 Å². The molecule has 2 rings (SSSR count). The van der Waals surface area contributed by atoms with Gasteiger partial charge in [-0.25, -0.2) is 4.39 Å². The summed E-state index contributed by atoms with van der Waals surface area (Å²) in [6.45, 7) is 2.65. The van der Waals surface area contributed by atoms with Crippen LogP contribution in [-0.4, -0.2) is 23.9 Å². The molecule has 4 nitrogen and oxygen atoms in total. The molecule has 0 saturated heterocycles. The molecule has 2 aromatic rings. The molecule has 1 N–H and O–H groups in total. The van der Waals surface area contributed by atoms with E-state index in [2.05, 4.69) is 10.4 Å². The number of hydrogen-bond acceptors (Lipinski definition) is 3. The lowest BCUT2D eigenvalue weighted by molar-refractivity contribution is 0.602. The zero-order valence-corrected chi connectivity index (χ0v) is 12.4. The minimum atomic E-state index is -0.198. The highest BCUT2D eigenvalue weighted by molar-refractivity contribution is 5.55. The molecule has 0 bridgehead atoms. The monoisotopic (exact) mass is 276 g/mol. The van der Waals surface area contributed by atoms with E-state index in [4.69, 9.17) is 0 Å². The number of nitrogens with zero attached hydrogens (tertiary/aromatic N) is 3. The van der Waals surface area contributed by atoms with Crippen molar-refractivity contribution in [3.8, 4) is 0 Å². The third-order valence-electron chi connectivity index (χ3n) is 3.48. The first-order valence-corrected chi connectivity index (χ1v) is 6.67. The van der Waals surface area contributed by atoms with Crippen molar-refractivity contribution in [2.45, 2.75) is 19.5 Å². The van der Waals surface area contributed by atoms with Gasteiger partial charge in [-0.15, -0.1) is 0 Å². The quantitative estimate of drug-likeness (QED) is 0.910. The molecule has 0 amide bonds. The van der Waals surface area contributed by atoms with Crippen molar-refractivity contribution in [3.63, 3.8) is 0 Å². The summed E-state index contributed by atoms with van der Waals surface area (Å²) < 4.78 is 16.0. The van der Waals surface area contributed by atoms with E-state index in [-0.39, 0.29) is 11.9 Å². The fraction of sp³-hybridized carbons (Fsp3) is 0.400. The minimum Gasteiger partial charge on any atom is -0.368 e. The normalized spacial score (nSPS) is 12.4. The highest BCUT2D eigenvalue weighted by Crippen LogP contribution is 2.29. The van der Waals surface area contributed by atoms with E-state index in [1.807, 2.05) is 45.2 Å². The molecule has 108 valence electrons. The Hall–Kier alpha value is -1.88. The summed E-state index contributed by atoms with van der Waals surface area (Å²) >= 11 is 0. The number of anilines is 1. The van der Waals surface area contributed by atoms with Crippen LogP contribution in [0, 0.1) is 5.82 Å². The smallest absolute Gasteiger partial charge is 0.146 e. The van der Waals surface area contributed by atoms with Crippen molar-refractivity contribution >= 4 is 5.69 Å². The van der Waals surface area contributed by atoms with Gasteiger partial charge < -0.3 is 10.2 Å². The van der Waals surface area contributed by atoms with Gasteiger partial charge in [0.15, 0.2) is 0 Å². The Bertz CT molecular complexity index is 579. The summed E-state index contributed by atoms with van der Waals surface area (Å²) in [5, 5.41) is 7.31. The summed E-state index contributed by atoms with van der Waals surface area (Å²) in [7, 11) is 5.65. The number of para-hydroxylation sites is 1. The lowest BCUT2D eigenvalue weighted by atomic mass is 10.0. The molecule has 1 aromatic heterocycles. The summed E-state index contributed by atoms with van der Waals surface area (Å²) in [5.41, 5.74) is 2.65. The van der Waals surface area contributed by atoms with E-state index in [0.29, 0.717) is 12.2 Å². The van der Waals surface area contributed by atoms with E-state index < -0.39 is 0 Å². The van der Waals surface area contributed by atoms with Gasteiger partial charge in [0.2, 0.25) is 0 Å². The molecule has 0 radical (unpaired) electrons. The minimum absolute atomic E-state index is 0.0945. The fourth-order valence-electron chi connectivity index (χ4n) is 2.35. The molecule has 20 heavy (non-hydrogen) atoms. The maximum Gasteiger partial charge on any atom is 0.146 e. The zero-order valence-electron chi connectivity index (χ0n) is 12.4. The Morgan fingerprint density at radius 2 is 2.20 bits per heavy atom. The Kier molecular flexibility index (Phi) is 4.39. The number of rotatable bonds is 5. The Morgan fingerprint density at radius 1 is 1.45 bits per heavy atom. The van der Waals surface area contributed by atoms with Crippen molar-refractivity contribution in [1.82, 2.24) is 15.1 Å². The van der Waals surface area contributed by atoms with E-state index in [9.17, 15) is 4.39 Å². The Balaban J connectivity index is 2.30. The van der Waals surface area contributed by atoms with E-state index in [1.54, 1.807) is 16.9 Å². The lowest BCUT2D eigenvalue weighted by Crippen LogP contribution is -2.22. The van der Waals surface area contributed by atoms with Crippen molar-refractivity contribution in [1.29, 1.82) is 0 Å². The maximum atomic E-state index is 14.2. The van der Waals surface area contributed by atoms with Gasteiger partial charge in [-0.05, 0) is 25.6 Å². The van der Waals surface area contributed by atoms with Gasteiger partial charge in [0, 0.05) is 38.4 Å². The summed E-state index contributed by atoms with van der Waals surface area (Å²) in [5.74, 6) is -0.198. The molecule has 0 aliphatic heterocycles. The van der Waals surface area contributed by atoms with E-state index in [0.717, 1.165) is 11.1 Å². The molecule has 0 aliphatic carbocycles. The second-order valence-electron chi connectivity index (χ2n) is 5.07. The molecule has 0 spiro atoms. The van der Waals surface area contributed by atoms with Gasteiger partial charge in [-0.3, -0.25) is 4.68 Å². The van der Waals surface area contributed by atoms with E-state index in [1.165, 1.54) is 6.07 Å². The van der Waals surface area contributed by atoms with Gasteiger partial charge in [-0.1, -0.05) is 12.1 Å². The summed E-state index contributed by atoms with van der Waals surface area (Å²) in [6, 6.07) is 5.30. The topological polar surface area (TPSA) is 33.1 Å². The highest BCUT2D eigenvalue weighted by atomic mass is 19.1. The molecule has 1 aromatic carbocycles. The molecule has 5 heteroatoms. The second-order valence-corrected chi connectivity index (χ2v) is 5.07. The molecular weight excluding hydrogens is 255 g/mol. The van der Waals surface area contributed by atoms with Crippen LogP contribution in [0.3, 0.4) is 0 Å². The van der Waals surface area contributed by atoms with Gasteiger partial charge in [0.25, 0.3) is 0 Å². The van der Waals surface area contributed by atoms with Crippen molar-refractivity contribution in [2.24, 2.45) is 7.05 Å². The second kappa shape index (κ2) is 6.05. The predicted molar refractivity (Wildman–Crippen MR) is 79.2 cm³/mol. The van der Waals surface area contributed by atoms with Crippen molar-refractivity contribution in [2.75, 3.05) is 19.0 Å².